The Morgan fingerprint density at radius 2 is 1.78 bits per heavy atom. The lowest BCUT2D eigenvalue weighted by Gasteiger charge is -2.09. The van der Waals surface area contributed by atoms with Crippen LogP contribution < -0.4 is 4.74 Å². The summed E-state index contributed by atoms with van der Waals surface area (Å²) in [6.45, 7) is 3.84. The van der Waals surface area contributed by atoms with Crippen molar-refractivity contribution in [1.29, 1.82) is 0 Å². The van der Waals surface area contributed by atoms with Crippen LogP contribution in [-0.4, -0.2) is 14.9 Å². The van der Waals surface area contributed by atoms with Crippen LogP contribution in [0.15, 0.2) is 42.5 Å². The summed E-state index contributed by atoms with van der Waals surface area (Å²) in [6.07, 6.45) is 0. The number of rotatable bonds is 4. The Kier molecular flexibility index (Phi) is 3.89. The van der Waals surface area contributed by atoms with E-state index in [1.807, 2.05) is 31.2 Å². The third-order valence-corrected chi connectivity index (χ3v) is 3.58. The van der Waals surface area contributed by atoms with Gasteiger partial charge in [0.2, 0.25) is 0 Å². The first-order valence-corrected chi connectivity index (χ1v) is 7.14. The highest BCUT2D eigenvalue weighted by Crippen LogP contribution is 2.24. The number of ether oxygens (including phenoxy) is 1. The number of benzene rings is 2. The number of aromatic nitrogens is 2. The molecule has 0 unspecified atom stereocenters. The Morgan fingerprint density at radius 3 is 2.43 bits per heavy atom. The number of nitro benzene ring substituents is 1. The van der Waals surface area contributed by atoms with Crippen LogP contribution in [-0.2, 0) is 6.61 Å². The van der Waals surface area contributed by atoms with Crippen molar-refractivity contribution >= 4 is 16.7 Å². The van der Waals surface area contributed by atoms with Crippen molar-refractivity contribution in [2.24, 2.45) is 0 Å². The molecule has 6 heteroatoms. The second kappa shape index (κ2) is 6.00. The van der Waals surface area contributed by atoms with Gasteiger partial charge in [0.25, 0.3) is 5.69 Å². The molecule has 0 aliphatic rings. The van der Waals surface area contributed by atoms with Gasteiger partial charge in [0.15, 0.2) is 0 Å². The second-order valence-corrected chi connectivity index (χ2v) is 5.24. The minimum absolute atomic E-state index is 0.0824. The van der Waals surface area contributed by atoms with Crippen molar-refractivity contribution < 1.29 is 9.66 Å². The normalized spacial score (nSPS) is 10.7. The SMILES string of the molecule is Cc1cc(OCc2nc3ccccc3nc2C)ccc1[N+](=O)[O-]. The quantitative estimate of drug-likeness (QED) is 0.542. The molecule has 0 saturated heterocycles. The van der Waals surface area contributed by atoms with Gasteiger partial charge in [-0.05, 0) is 38.1 Å². The maximum atomic E-state index is 10.8. The molecule has 0 N–H and O–H groups in total. The first-order chi connectivity index (χ1) is 11.0. The van der Waals surface area contributed by atoms with Crippen molar-refractivity contribution in [3.05, 3.63) is 69.5 Å². The second-order valence-electron chi connectivity index (χ2n) is 5.24. The zero-order valence-corrected chi connectivity index (χ0v) is 12.8. The van der Waals surface area contributed by atoms with Gasteiger partial charge in [0, 0.05) is 11.6 Å². The first-order valence-electron chi connectivity index (χ1n) is 7.14. The zero-order chi connectivity index (χ0) is 16.4. The smallest absolute Gasteiger partial charge is 0.272 e. The maximum Gasteiger partial charge on any atom is 0.272 e. The van der Waals surface area contributed by atoms with Gasteiger partial charge >= 0.3 is 0 Å². The van der Waals surface area contributed by atoms with Crippen LogP contribution in [0.5, 0.6) is 5.75 Å². The third kappa shape index (κ3) is 3.11. The van der Waals surface area contributed by atoms with Crippen LogP contribution >= 0.6 is 0 Å². The minimum Gasteiger partial charge on any atom is -0.487 e. The molecular weight excluding hydrogens is 294 g/mol. The summed E-state index contributed by atoms with van der Waals surface area (Å²) in [5.41, 5.74) is 3.87. The van der Waals surface area contributed by atoms with Crippen molar-refractivity contribution in [2.45, 2.75) is 20.5 Å². The molecule has 1 heterocycles. The fraction of sp³-hybridized carbons (Fsp3) is 0.176. The molecule has 0 saturated carbocycles. The standard InChI is InChI=1S/C17H15N3O3/c1-11-9-13(7-8-17(11)20(21)22)23-10-16-12(2)18-14-5-3-4-6-15(14)19-16/h3-9H,10H2,1-2H3. The van der Waals surface area contributed by atoms with Gasteiger partial charge in [-0.1, -0.05) is 12.1 Å². The van der Waals surface area contributed by atoms with Crippen molar-refractivity contribution in [1.82, 2.24) is 9.97 Å². The molecule has 0 fully saturated rings. The Labute approximate surface area is 132 Å². The Morgan fingerprint density at radius 1 is 1.09 bits per heavy atom. The van der Waals surface area contributed by atoms with E-state index in [0.717, 1.165) is 22.4 Å². The summed E-state index contributed by atoms with van der Waals surface area (Å²) in [4.78, 5) is 19.5. The topological polar surface area (TPSA) is 78.2 Å². The van der Waals surface area contributed by atoms with Gasteiger partial charge in [-0.3, -0.25) is 10.1 Å². The van der Waals surface area contributed by atoms with Gasteiger partial charge in [-0.25, -0.2) is 9.97 Å². The first kappa shape index (κ1) is 14.9. The Bertz CT molecular complexity index is 893. The molecule has 0 atom stereocenters. The highest BCUT2D eigenvalue weighted by molar-refractivity contribution is 5.74. The van der Waals surface area contributed by atoms with E-state index in [0.29, 0.717) is 11.3 Å². The summed E-state index contributed by atoms with van der Waals surface area (Å²) in [5.74, 6) is 0.572. The van der Waals surface area contributed by atoms with Crippen molar-refractivity contribution in [3.63, 3.8) is 0 Å². The van der Waals surface area contributed by atoms with Gasteiger partial charge in [-0.2, -0.15) is 0 Å². The predicted octanol–water partition coefficient (Wildman–Crippen LogP) is 3.73. The van der Waals surface area contributed by atoms with Crippen LogP contribution in [0.25, 0.3) is 11.0 Å². The number of nitro groups is 1. The van der Waals surface area contributed by atoms with Gasteiger partial charge in [-0.15, -0.1) is 0 Å². The van der Waals surface area contributed by atoms with E-state index in [2.05, 4.69) is 9.97 Å². The molecule has 23 heavy (non-hydrogen) atoms. The zero-order valence-electron chi connectivity index (χ0n) is 12.8. The van der Waals surface area contributed by atoms with E-state index in [9.17, 15) is 10.1 Å². The van der Waals surface area contributed by atoms with E-state index in [1.165, 1.54) is 6.07 Å². The lowest BCUT2D eigenvalue weighted by atomic mass is 10.2. The summed E-state index contributed by atoms with van der Waals surface area (Å²) >= 11 is 0. The molecule has 6 nitrogen and oxygen atoms in total. The number of para-hydroxylation sites is 2. The lowest BCUT2D eigenvalue weighted by Crippen LogP contribution is -2.04. The molecule has 0 bridgehead atoms. The van der Waals surface area contributed by atoms with Crippen molar-refractivity contribution in [2.75, 3.05) is 0 Å². The van der Waals surface area contributed by atoms with E-state index in [1.54, 1.807) is 19.1 Å². The van der Waals surface area contributed by atoms with Crippen LogP contribution in [0.2, 0.25) is 0 Å². The summed E-state index contributed by atoms with van der Waals surface area (Å²) < 4.78 is 5.71. The fourth-order valence-corrected chi connectivity index (χ4v) is 2.34. The van der Waals surface area contributed by atoms with E-state index in [4.69, 9.17) is 4.74 Å². The molecule has 0 amide bonds. The van der Waals surface area contributed by atoms with E-state index < -0.39 is 4.92 Å². The third-order valence-electron chi connectivity index (χ3n) is 3.58. The molecule has 2 aromatic carbocycles. The van der Waals surface area contributed by atoms with Crippen LogP contribution in [0.3, 0.4) is 0 Å². The molecule has 3 aromatic rings. The van der Waals surface area contributed by atoms with Gasteiger partial charge in [0.1, 0.15) is 12.4 Å². The minimum atomic E-state index is -0.405. The number of fused-ring (bicyclic) bond motifs is 1. The molecule has 0 radical (unpaired) electrons. The summed E-state index contributed by atoms with van der Waals surface area (Å²) in [6, 6.07) is 12.4. The molecule has 116 valence electrons. The highest BCUT2D eigenvalue weighted by Gasteiger charge is 2.11. The predicted molar refractivity (Wildman–Crippen MR) is 86.4 cm³/mol. The van der Waals surface area contributed by atoms with Gasteiger partial charge < -0.3 is 4.74 Å². The maximum absolute atomic E-state index is 10.8. The molecule has 3 rings (SSSR count). The van der Waals surface area contributed by atoms with Crippen LogP contribution in [0.1, 0.15) is 17.0 Å². The van der Waals surface area contributed by atoms with Crippen molar-refractivity contribution in [3.8, 4) is 5.75 Å². The van der Waals surface area contributed by atoms with Gasteiger partial charge in [0.05, 0.1) is 27.3 Å². The largest absolute Gasteiger partial charge is 0.487 e. The van der Waals surface area contributed by atoms with E-state index >= 15 is 0 Å². The number of hydrogen-bond donors (Lipinski definition) is 0. The lowest BCUT2D eigenvalue weighted by molar-refractivity contribution is -0.385. The number of aryl methyl sites for hydroxylation is 2. The average molecular weight is 309 g/mol. The molecule has 1 aromatic heterocycles. The highest BCUT2D eigenvalue weighted by atomic mass is 16.6. The summed E-state index contributed by atoms with van der Waals surface area (Å²) in [5, 5.41) is 10.8. The molecule has 0 aliphatic heterocycles. The Balaban J connectivity index is 1.82. The summed E-state index contributed by atoms with van der Waals surface area (Å²) in [7, 11) is 0. The average Bonchev–Trinajstić information content (AvgIpc) is 2.52. The Hall–Kier alpha value is -3.02. The van der Waals surface area contributed by atoms with Crippen LogP contribution in [0, 0.1) is 24.0 Å². The molecule has 0 spiro atoms. The molecular formula is C17H15N3O3. The fourth-order valence-electron chi connectivity index (χ4n) is 2.34. The molecule has 0 aliphatic carbocycles. The number of hydrogen-bond acceptors (Lipinski definition) is 5. The van der Waals surface area contributed by atoms with E-state index in [-0.39, 0.29) is 12.3 Å². The number of nitrogens with zero attached hydrogens (tertiary/aromatic N) is 3. The van der Waals surface area contributed by atoms with Crippen LogP contribution in [0.4, 0.5) is 5.69 Å². The monoisotopic (exact) mass is 309 g/mol.